The Hall–Kier alpha value is -4.90. The molecule has 0 saturated heterocycles. The molecule has 7 nitrogen and oxygen atoms in total. The van der Waals surface area contributed by atoms with Crippen LogP contribution >= 0.6 is 0 Å². The number of carbonyl (C=O) groups excluding carboxylic acids is 1. The van der Waals surface area contributed by atoms with E-state index in [2.05, 4.69) is 11.1 Å². The van der Waals surface area contributed by atoms with Gasteiger partial charge in [0.25, 0.3) is 0 Å². The Morgan fingerprint density at radius 3 is 2.78 bits per heavy atom. The van der Waals surface area contributed by atoms with Gasteiger partial charge in [-0.3, -0.25) is 9.78 Å². The van der Waals surface area contributed by atoms with Crippen LogP contribution in [0.3, 0.4) is 0 Å². The van der Waals surface area contributed by atoms with E-state index in [1.54, 1.807) is 24.3 Å². The second kappa shape index (κ2) is 10.9. The number of aryl methyl sites for hydroxylation is 1. The van der Waals surface area contributed by atoms with Crippen LogP contribution in [0.4, 0.5) is 4.39 Å². The Balaban J connectivity index is 1.23. The molecule has 2 heterocycles. The predicted molar refractivity (Wildman–Crippen MR) is 149 cm³/mol. The second-order valence-corrected chi connectivity index (χ2v) is 10.2. The number of halogens is 1. The van der Waals surface area contributed by atoms with Gasteiger partial charge in [0, 0.05) is 39.9 Å². The second-order valence-electron chi connectivity index (χ2n) is 10.2. The first-order valence-corrected chi connectivity index (χ1v) is 13.4. The molecule has 206 valence electrons. The minimum absolute atomic E-state index is 0.0729. The third-order valence-corrected chi connectivity index (χ3v) is 7.53. The van der Waals surface area contributed by atoms with Crippen molar-refractivity contribution in [3.8, 4) is 40.3 Å². The first kappa shape index (κ1) is 26.3. The average molecular weight is 551 g/mol. The zero-order chi connectivity index (χ0) is 28.5. The van der Waals surface area contributed by atoms with Crippen molar-refractivity contribution in [2.24, 2.45) is 0 Å². The van der Waals surface area contributed by atoms with Gasteiger partial charge in [0.05, 0.1) is 31.4 Å². The van der Waals surface area contributed by atoms with E-state index in [1.807, 2.05) is 43.3 Å². The molecule has 6 rings (SSSR count). The summed E-state index contributed by atoms with van der Waals surface area (Å²) in [6, 6.07) is 21.7. The van der Waals surface area contributed by atoms with E-state index < -0.39 is 6.10 Å². The number of benzene rings is 3. The van der Waals surface area contributed by atoms with Crippen molar-refractivity contribution in [3.63, 3.8) is 0 Å². The molecule has 4 aromatic rings. The van der Waals surface area contributed by atoms with Gasteiger partial charge in [-0.1, -0.05) is 12.1 Å². The van der Waals surface area contributed by atoms with Crippen molar-refractivity contribution in [1.29, 1.82) is 5.26 Å². The summed E-state index contributed by atoms with van der Waals surface area (Å²) in [6.07, 6.45) is 0.859. The van der Waals surface area contributed by atoms with Gasteiger partial charge < -0.3 is 18.9 Å². The highest BCUT2D eigenvalue weighted by Gasteiger charge is 2.32. The Morgan fingerprint density at radius 1 is 1.12 bits per heavy atom. The maximum atomic E-state index is 15.1. The zero-order valence-corrected chi connectivity index (χ0v) is 22.6. The van der Waals surface area contributed by atoms with E-state index in [1.165, 1.54) is 13.2 Å². The predicted octanol–water partition coefficient (Wildman–Crippen LogP) is 6.97. The molecule has 0 spiro atoms. The number of nitriles is 1. The van der Waals surface area contributed by atoms with Crippen molar-refractivity contribution in [2.45, 2.75) is 38.2 Å². The summed E-state index contributed by atoms with van der Waals surface area (Å²) in [5.74, 6) is 1.36. The van der Waals surface area contributed by atoms with Gasteiger partial charge in [-0.05, 0) is 68.3 Å². The lowest BCUT2D eigenvalue weighted by atomic mass is 9.98. The largest absolute Gasteiger partial charge is 0.492 e. The van der Waals surface area contributed by atoms with Crippen molar-refractivity contribution < 1.29 is 28.1 Å². The summed E-state index contributed by atoms with van der Waals surface area (Å²) in [7, 11) is 1.37. The topological polar surface area (TPSA) is 90.7 Å². The number of hydrogen-bond acceptors (Lipinski definition) is 7. The fourth-order valence-electron chi connectivity index (χ4n) is 5.49. The fourth-order valence-corrected chi connectivity index (χ4v) is 5.49. The van der Waals surface area contributed by atoms with Gasteiger partial charge in [0.2, 0.25) is 0 Å². The van der Waals surface area contributed by atoms with Crippen molar-refractivity contribution >= 4 is 5.97 Å². The minimum Gasteiger partial charge on any atom is -0.492 e. The lowest BCUT2D eigenvalue weighted by Crippen LogP contribution is -2.09. The van der Waals surface area contributed by atoms with Crippen molar-refractivity contribution in [1.82, 2.24) is 4.98 Å². The standard InChI is InChI=1S/C33H27FN2O5/c1-19-4-3-5-27(36-19)20-6-11-28(21(14-20)17-35)41-29-13-10-26(34)33-25(29)9-12-30(33)40-23-7-8-24-22(15-32(37)38-2)18-39-31(24)16-23/h3-8,10-11,13-14,16,22,30H,9,12,15,18H2,1-2H3/t22?,30-/m1/s1. The van der Waals surface area contributed by atoms with Crippen LogP contribution in [-0.2, 0) is 16.0 Å². The van der Waals surface area contributed by atoms with Crippen LogP contribution in [0.2, 0.25) is 0 Å². The van der Waals surface area contributed by atoms with Gasteiger partial charge >= 0.3 is 5.97 Å². The van der Waals surface area contributed by atoms with E-state index in [4.69, 9.17) is 18.9 Å². The molecule has 2 atom stereocenters. The third-order valence-electron chi connectivity index (χ3n) is 7.53. The van der Waals surface area contributed by atoms with Gasteiger partial charge in [0.15, 0.2) is 0 Å². The number of carbonyl (C=O) groups is 1. The van der Waals surface area contributed by atoms with E-state index in [0.717, 1.165) is 28.1 Å². The molecule has 41 heavy (non-hydrogen) atoms. The molecule has 8 heteroatoms. The summed E-state index contributed by atoms with van der Waals surface area (Å²) in [5.41, 5.74) is 4.92. The number of aromatic nitrogens is 1. The molecule has 2 aliphatic rings. The van der Waals surface area contributed by atoms with Gasteiger partial charge in [-0.15, -0.1) is 0 Å². The van der Waals surface area contributed by atoms with Crippen LogP contribution in [0.1, 0.15) is 52.8 Å². The number of nitrogens with zero attached hydrogens (tertiary/aromatic N) is 2. The monoisotopic (exact) mass is 550 g/mol. The maximum absolute atomic E-state index is 15.1. The van der Waals surface area contributed by atoms with Crippen LogP contribution in [0.15, 0.2) is 66.7 Å². The molecule has 1 aromatic heterocycles. The SMILES string of the molecule is COC(=O)CC1COc2cc(O[C@@H]3CCc4c(Oc5ccc(-c6cccc(C)n6)cc5C#N)ccc(F)c43)ccc21. The number of esters is 1. The van der Waals surface area contributed by atoms with E-state index in [-0.39, 0.29) is 24.1 Å². The van der Waals surface area contributed by atoms with Crippen LogP contribution < -0.4 is 14.2 Å². The third kappa shape index (κ3) is 5.19. The number of pyridine rings is 1. The molecule has 0 amide bonds. The summed E-state index contributed by atoms with van der Waals surface area (Å²) >= 11 is 0. The highest BCUT2D eigenvalue weighted by molar-refractivity contribution is 5.71. The molecule has 1 aliphatic carbocycles. The zero-order valence-electron chi connectivity index (χ0n) is 22.6. The van der Waals surface area contributed by atoms with Crippen LogP contribution in [0.25, 0.3) is 11.3 Å². The molecular weight excluding hydrogens is 523 g/mol. The molecule has 0 radical (unpaired) electrons. The molecular formula is C33H27FN2O5. The number of methoxy groups -OCH3 is 1. The smallest absolute Gasteiger partial charge is 0.306 e. The van der Waals surface area contributed by atoms with E-state index in [0.29, 0.717) is 53.6 Å². The minimum atomic E-state index is -0.510. The summed E-state index contributed by atoms with van der Waals surface area (Å²) in [4.78, 5) is 16.3. The number of fused-ring (bicyclic) bond motifs is 2. The van der Waals surface area contributed by atoms with Gasteiger partial charge in [0.1, 0.15) is 41.0 Å². The normalized spacial score (nSPS) is 16.7. The molecule has 0 N–H and O–H groups in total. The summed E-state index contributed by atoms with van der Waals surface area (Å²) < 4.78 is 38.2. The first-order chi connectivity index (χ1) is 19.9. The Morgan fingerprint density at radius 2 is 1.98 bits per heavy atom. The van der Waals surface area contributed by atoms with Crippen LogP contribution in [0.5, 0.6) is 23.0 Å². The van der Waals surface area contributed by atoms with E-state index in [9.17, 15) is 10.1 Å². The van der Waals surface area contributed by atoms with Gasteiger partial charge in [-0.2, -0.15) is 5.26 Å². The Kier molecular flexibility index (Phi) is 7.02. The quantitative estimate of drug-likeness (QED) is 0.230. The van der Waals surface area contributed by atoms with Crippen LogP contribution in [0, 0.1) is 24.1 Å². The van der Waals surface area contributed by atoms with Crippen molar-refractivity contribution in [2.75, 3.05) is 13.7 Å². The van der Waals surface area contributed by atoms with Crippen LogP contribution in [-0.4, -0.2) is 24.7 Å². The molecule has 1 aliphatic heterocycles. The van der Waals surface area contributed by atoms with Crippen molar-refractivity contribution in [3.05, 3.63) is 100 Å². The lowest BCUT2D eigenvalue weighted by Gasteiger charge is -2.17. The van der Waals surface area contributed by atoms with Gasteiger partial charge in [-0.25, -0.2) is 4.39 Å². The summed E-state index contributed by atoms with van der Waals surface area (Å²) in [5, 5.41) is 9.84. The Bertz CT molecular complexity index is 1700. The highest BCUT2D eigenvalue weighted by atomic mass is 19.1. The molecule has 3 aromatic carbocycles. The molecule has 0 saturated carbocycles. The molecule has 1 unspecified atom stereocenters. The fraction of sp³-hybridized carbons (Fsp3) is 0.242. The molecule has 0 fully saturated rings. The first-order valence-electron chi connectivity index (χ1n) is 13.4. The number of rotatable bonds is 7. The average Bonchev–Trinajstić information content (AvgIpc) is 3.59. The summed E-state index contributed by atoms with van der Waals surface area (Å²) in [6.45, 7) is 2.31. The Labute approximate surface area is 237 Å². The molecule has 0 bridgehead atoms. The number of ether oxygens (including phenoxy) is 4. The maximum Gasteiger partial charge on any atom is 0.306 e. The number of hydrogen-bond donors (Lipinski definition) is 0. The lowest BCUT2D eigenvalue weighted by molar-refractivity contribution is -0.141. The highest BCUT2D eigenvalue weighted by Crippen LogP contribution is 2.45. The van der Waals surface area contributed by atoms with E-state index >= 15 is 4.39 Å².